The van der Waals surface area contributed by atoms with Gasteiger partial charge in [-0.3, -0.25) is 0 Å². The Bertz CT molecular complexity index is 477. The van der Waals surface area contributed by atoms with Crippen LogP contribution in [0, 0.1) is 0 Å². The Balaban J connectivity index is 2.01. The number of nitrogens with one attached hydrogen (secondary N) is 2. The topological polar surface area (TPSA) is 84.2 Å². The van der Waals surface area contributed by atoms with Crippen LogP contribution in [-0.4, -0.2) is 27.5 Å². The summed E-state index contributed by atoms with van der Waals surface area (Å²) < 4.78 is 22.3. The molecule has 0 aromatic heterocycles. The van der Waals surface area contributed by atoms with Gasteiger partial charge >= 0.3 is 0 Å². The largest absolute Gasteiger partial charge is 0.382 e. The van der Waals surface area contributed by atoms with Crippen molar-refractivity contribution >= 4 is 15.7 Å². The molecular weight excluding hydrogens is 250 g/mol. The van der Waals surface area contributed by atoms with E-state index in [1.54, 1.807) is 12.1 Å². The van der Waals surface area contributed by atoms with Gasteiger partial charge in [-0.15, -0.1) is 0 Å². The molecule has 2 rings (SSSR count). The van der Waals surface area contributed by atoms with Crippen molar-refractivity contribution in [3.05, 3.63) is 24.3 Å². The molecule has 1 fully saturated rings. The molecule has 1 aromatic rings. The zero-order chi connectivity index (χ0) is 13.0. The summed E-state index contributed by atoms with van der Waals surface area (Å²) in [6.07, 6.45) is 3.37. The molecule has 1 saturated heterocycles. The fourth-order valence-electron chi connectivity index (χ4n) is 2.14. The number of hydrogen-bond donors (Lipinski definition) is 3. The van der Waals surface area contributed by atoms with E-state index in [1.165, 1.54) is 12.1 Å². The third-order valence-corrected chi connectivity index (χ3v) is 4.06. The number of rotatable bonds is 3. The highest BCUT2D eigenvalue weighted by molar-refractivity contribution is 7.89. The molecule has 1 aliphatic rings. The molecule has 0 aliphatic carbocycles. The van der Waals surface area contributed by atoms with Gasteiger partial charge in [0.05, 0.1) is 4.90 Å². The van der Waals surface area contributed by atoms with Gasteiger partial charge in [-0.25, -0.2) is 13.6 Å². The van der Waals surface area contributed by atoms with Gasteiger partial charge in [-0.1, -0.05) is 0 Å². The normalized spacial score (nSPS) is 21.3. The van der Waals surface area contributed by atoms with Gasteiger partial charge in [0.1, 0.15) is 0 Å². The van der Waals surface area contributed by atoms with E-state index >= 15 is 0 Å². The van der Waals surface area contributed by atoms with E-state index in [4.69, 9.17) is 5.14 Å². The third-order valence-electron chi connectivity index (χ3n) is 3.13. The van der Waals surface area contributed by atoms with Crippen LogP contribution < -0.4 is 15.8 Å². The minimum atomic E-state index is -3.60. The van der Waals surface area contributed by atoms with Crippen molar-refractivity contribution in [3.8, 4) is 0 Å². The Hall–Kier alpha value is -1.11. The minimum absolute atomic E-state index is 0.149. The van der Waals surface area contributed by atoms with E-state index in [2.05, 4.69) is 10.6 Å². The van der Waals surface area contributed by atoms with Gasteiger partial charge in [0.25, 0.3) is 0 Å². The average Bonchev–Trinajstić information content (AvgIpc) is 2.57. The lowest BCUT2D eigenvalue weighted by Gasteiger charge is -2.17. The quantitative estimate of drug-likeness (QED) is 0.761. The van der Waals surface area contributed by atoms with Crippen molar-refractivity contribution < 1.29 is 8.42 Å². The first kappa shape index (κ1) is 13.3. The lowest BCUT2D eigenvalue weighted by molar-refractivity contribution is 0.598. The highest BCUT2D eigenvalue weighted by Gasteiger charge is 2.12. The van der Waals surface area contributed by atoms with Crippen LogP contribution in [0.15, 0.2) is 29.2 Å². The molecule has 18 heavy (non-hydrogen) atoms. The van der Waals surface area contributed by atoms with Crippen molar-refractivity contribution in [1.29, 1.82) is 0 Å². The smallest absolute Gasteiger partial charge is 0.238 e. The molecule has 1 heterocycles. The molecule has 0 amide bonds. The average molecular weight is 269 g/mol. The van der Waals surface area contributed by atoms with Gasteiger partial charge in [0.15, 0.2) is 0 Å². The molecule has 0 radical (unpaired) electrons. The monoisotopic (exact) mass is 269 g/mol. The van der Waals surface area contributed by atoms with Gasteiger partial charge in [0, 0.05) is 11.7 Å². The lowest BCUT2D eigenvalue weighted by atomic mass is 10.1. The maximum Gasteiger partial charge on any atom is 0.238 e. The van der Waals surface area contributed by atoms with E-state index in [0.29, 0.717) is 6.04 Å². The van der Waals surface area contributed by atoms with E-state index in [0.717, 1.165) is 38.0 Å². The van der Waals surface area contributed by atoms with Gasteiger partial charge in [-0.05, 0) is 56.6 Å². The van der Waals surface area contributed by atoms with E-state index in [9.17, 15) is 8.42 Å². The zero-order valence-corrected chi connectivity index (χ0v) is 11.0. The second-order valence-corrected chi connectivity index (χ2v) is 6.15. The summed E-state index contributed by atoms with van der Waals surface area (Å²) in [7, 11) is -3.60. The van der Waals surface area contributed by atoms with Crippen molar-refractivity contribution in [1.82, 2.24) is 5.32 Å². The first-order valence-corrected chi connectivity index (χ1v) is 7.70. The van der Waals surface area contributed by atoms with Crippen LogP contribution in [-0.2, 0) is 10.0 Å². The highest BCUT2D eigenvalue weighted by Crippen LogP contribution is 2.16. The number of nitrogens with two attached hydrogens (primary N) is 1. The van der Waals surface area contributed by atoms with E-state index in [-0.39, 0.29) is 4.90 Å². The number of hydrogen-bond acceptors (Lipinski definition) is 4. The van der Waals surface area contributed by atoms with Crippen LogP contribution in [0.5, 0.6) is 0 Å². The Kier molecular flexibility index (Phi) is 4.21. The second-order valence-electron chi connectivity index (χ2n) is 4.59. The Morgan fingerprint density at radius 2 is 1.89 bits per heavy atom. The number of anilines is 1. The van der Waals surface area contributed by atoms with E-state index in [1.807, 2.05) is 0 Å². The minimum Gasteiger partial charge on any atom is -0.382 e. The van der Waals surface area contributed by atoms with Crippen LogP contribution in [0.1, 0.15) is 19.3 Å². The summed E-state index contributed by atoms with van der Waals surface area (Å²) in [6, 6.07) is 7.04. The van der Waals surface area contributed by atoms with Crippen LogP contribution in [0.3, 0.4) is 0 Å². The van der Waals surface area contributed by atoms with Crippen LogP contribution >= 0.6 is 0 Å². The number of sulfonamides is 1. The fraction of sp³-hybridized carbons (Fsp3) is 0.500. The van der Waals surface area contributed by atoms with Crippen molar-refractivity contribution in [3.63, 3.8) is 0 Å². The predicted octanol–water partition coefficient (Wildman–Crippen LogP) is 0.888. The lowest BCUT2D eigenvalue weighted by Crippen LogP contribution is -2.21. The molecule has 6 heteroatoms. The van der Waals surface area contributed by atoms with Crippen LogP contribution in [0.4, 0.5) is 5.69 Å². The molecule has 1 unspecified atom stereocenters. The van der Waals surface area contributed by atoms with Gasteiger partial charge < -0.3 is 10.6 Å². The predicted molar refractivity (Wildman–Crippen MR) is 71.9 cm³/mol. The first-order chi connectivity index (χ1) is 8.55. The van der Waals surface area contributed by atoms with Gasteiger partial charge in [0.2, 0.25) is 10.0 Å². The SMILES string of the molecule is NS(=O)(=O)c1ccc(NC2CCCNCC2)cc1. The van der Waals surface area contributed by atoms with Crippen molar-refractivity contribution in [2.45, 2.75) is 30.2 Å². The maximum absolute atomic E-state index is 11.1. The summed E-state index contributed by atoms with van der Waals surface area (Å²) in [6.45, 7) is 2.09. The second kappa shape index (κ2) is 5.69. The maximum atomic E-state index is 11.1. The molecular formula is C12H19N3O2S. The number of primary sulfonamides is 1. The Morgan fingerprint density at radius 3 is 2.56 bits per heavy atom. The molecule has 100 valence electrons. The molecule has 1 atom stereocenters. The summed E-state index contributed by atoms with van der Waals surface area (Å²) in [5, 5.41) is 11.8. The fourth-order valence-corrected chi connectivity index (χ4v) is 2.66. The molecule has 0 spiro atoms. The highest BCUT2D eigenvalue weighted by atomic mass is 32.2. The number of benzene rings is 1. The molecule has 1 aliphatic heterocycles. The Morgan fingerprint density at radius 1 is 1.17 bits per heavy atom. The summed E-state index contributed by atoms with van der Waals surface area (Å²) in [5.74, 6) is 0. The standard InChI is InChI=1S/C12H19N3O2S/c13-18(16,17)12-5-3-11(4-6-12)15-10-2-1-8-14-9-7-10/h3-6,10,14-15H,1-2,7-9H2,(H2,13,16,17). The van der Waals surface area contributed by atoms with Gasteiger partial charge in [-0.2, -0.15) is 0 Å². The van der Waals surface area contributed by atoms with E-state index < -0.39 is 10.0 Å². The molecule has 4 N–H and O–H groups in total. The summed E-state index contributed by atoms with van der Waals surface area (Å²) >= 11 is 0. The molecule has 0 bridgehead atoms. The van der Waals surface area contributed by atoms with Crippen molar-refractivity contribution in [2.24, 2.45) is 5.14 Å². The molecule has 0 saturated carbocycles. The van der Waals surface area contributed by atoms with Crippen molar-refractivity contribution in [2.75, 3.05) is 18.4 Å². The third kappa shape index (κ3) is 3.69. The first-order valence-electron chi connectivity index (χ1n) is 6.16. The zero-order valence-electron chi connectivity index (χ0n) is 10.2. The molecule has 1 aromatic carbocycles. The Labute approximate surface area is 108 Å². The summed E-state index contributed by atoms with van der Waals surface area (Å²) in [4.78, 5) is 0.149. The van der Waals surface area contributed by atoms with Crippen LogP contribution in [0.2, 0.25) is 0 Å². The van der Waals surface area contributed by atoms with Crippen LogP contribution in [0.25, 0.3) is 0 Å². The summed E-state index contributed by atoms with van der Waals surface area (Å²) in [5.41, 5.74) is 0.939. The molecule has 5 nitrogen and oxygen atoms in total.